The molecular weight excluding hydrogens is 426 g/mol. The molecule has 1 saturated heterocycles. The van der Waals surface area contributed by atoms with E-state index in [2.05, 4.69) is 10.3 Å². The number of aryl methyl sites for hydroxylation is 1. The second-order valence-corrected chi connectivity index (χ2v) is 8.10. The maximum absolute atomic E-state index is 12.4. The predicted molar refractivity (Wildman–Crippen MR) is 126 cm³/mol. The first-order valence-electron chi connectivity index (χ1n) is 9.79. The van der Waals surface area contributed by atoms with Crippen LogP contribution in [0.15, 0.2) is 82.7 Å². The number of thioether (sulfide) groups is 1. The zero-order valence-electron chi connectivity index (χ0n) is 17.1. The highest BCUT2D eigenvalue weighted by Gasteiger charge is 2.24. The molecule has 3 aromatic carbocycles. The minimum Gasteiger partial charge on any atom is -0.488 e. The van der Waals surface area contributed by atoms with E-state index in [0.717, 1.165) is 16.8 Å². The van der Waals surface area contributed by atoms with Crippen molar-refractivity contribution in [3.8, 4) is 5.75 Å². The zero-order chi connectivity index (χ0) is 22.5. The lowest BCUT2D eigenvalue weighted by molar-refractivity contribution is -0.384. The summed E-state index contributed by atoms with van der Waals surface area (Å²) in [5.41, 5.74) is 3.33. The first kappa shape index (κ1) is 21.3. The summed E-state index contributed by atoms with van der Waals surface area (Å²) in [6, 6.07) is 21.4. The van der Waals surface area contributed by atoms with Crippen LogP contribution in [0.25, 0.3) is 6.08 Å². The Labute approximate surface area is 189 Å². The van der Waals surface area contributed by atoms with Gasteiger partial charge in [-0.3, -0.25) is 14.9 Å². The molecule has 8 heteroatoms. The number of non-ortho nitro benzene ring substituents is 1. The average Bonchev–Trinajstić information content (AvgIpc) is 3.13. The summed E-state index contributed by atoms with van der Waals surface area (Å²) in [5, 5.41) is 14.3. The smallest absolute Gasteiger partial charge is 0.269 e. The molecule has 0 atom stereocenters. The number of hydrogen-bond donors (Lipinski definition) is 1. The van der Waals surface area contributed by atoms with E-state index in [-0.39, 0.29) is 18.2 Å². The van der Waals surface area contributed by atoms with Gasteiger partial charge in [-0.1, -0.05) is 48.0 Å². The fourth-order valence-electron chi connectivity index (χ4n) is 3.01. The van der Waals surface area contributed by atoms with Crippen LogP contribution in [0.2, 0.25) is 0 Å². The van der Waals surface area contributed by atoms with Crippen molar-refractivity contribution in [3.05, 3.63) is 105 Å². The SMILES string of the molecule is Cc1ccc(N=C2NC(=O)/C(=C\c3ccccc3OCc3cccc([N+](=O)[O-])c3)S2)cc1. The third kappa shape index (κ3) is 5.22. The Kier molecular flexibility index (Phi) is 6.32. The monoisotopic (exact) mass is 445 g/mol. The van der Waals surface area contributed by atoms with Gasteiger partial charge in [-0.15, -0.1) is 0 Å². The second-order valence-electron chi connectivity index (χ2n) is 7.07. The van der Waals surface area contributed by atoms with Crippen LogP contribution in [0.3, 0.4) is 0 Å². The van der Waals surface area contributed by atoms with Gasteiger partial charge in [0.1, 0.15) is 12.4 Å². The maximum Gasteiger partial charge on any atom is 0.269 e. The summed E-state index contributed by atoms with van der Waals surface area (Å²) in [5.74, 6) is 0.346. The number of hydrogen-bond acceptors (Lipinski definition) is 6. The highest BCUT2D eigenvalue weighted by molar-refractivity contribution is 8.18. The van der Waals surface area contributed by atoms with E-state index < -0.39 is 4.92 Å². The summed E-state index contributed by atoms with van der Waals surface area (Å²) in [6.07, 6.45) is 1.75. The van der Waals surface area contributed by atoms with Crippen LogP contribution in [0.1, 0.15) is 16.7 Å². The first-order valence-corrected chi connectivity index (χ1v) is 10.6. The molecule has 1 heterocycles. The molecule has 4 rings (SSSR count). The second kappa shape index (κ2) is 9.49. The molecule has 1 amide bonds. The molecule has 160 valence electrons. The van der Waals surface area contributed by atoms with Gasteiger partial charge < -0.3 is 10.1 Å². The number of rotatable bonds is 6. The van der Waals surface area contributed by atoms with E-state index in [0.29, 0.717) is 21.4 Å². The van der Waals surface area contributed by atoms with Gasteiger partial charge in [-0.25, -0.2) is 4.99 Å². The number of nitrogens with one attached hydrogen (secondary N) is 1. The number of ether oxygens (including phenoxy) is 1. The molecule has 1 aliphatic rings. The van der Waals surface area contributed by atoms with Crippen LogP contribution in [-0.4, -0.2) is 16.0 Å². The van der Waals surface area contributed by atoms with E-state index in [4.69, 9.17) is 4.74 Å². The van der Waals surface area contributed by atoms with Gasteiger partial charge >= 0.3 is 0 Å². The summed E-state index contributed by atoms with van der Waals surface area (Å²) in [4.78, 5) is 28.0. The van der Waals surface area contributed by atoms with Gasteiger partial charge in [0.2, 0.25) is 0 Å². The minimum absolute atomic E-state index is 0.0147. The number of carbonyl (C=O) groups is 1. The number of amidine groups is 1. The zero-order valence-corrected chi connectivity index (χ0v) is 18.0. The lowest BCUT2D eigenvalue weighted by Crippen LogP contribution is -2.19. The van der Waals surface area contributed by atoms with Gasteiger partial charge in [0.25, 0.3) is 11.6 Å². The largest absolute Gasteiger partial charge is 0.488 e. The number of amides is 1. The third-order valence-corrected chi connectivity index (χ3v) is 5.55. The highest BCUT2D eigenvalue weighted by Crippen LogP contribution is 2.31. The first-order chi connectivity index (χ1) is 15.5. The van der Waals surface area contributed by atoms with Gasteiger partial charge in [0.15, 0.2) is 5.17 Å². The van der Waals surface area contributed by atoms with Crippen LogP contribution in [0, 0.1) is 17.0 Å². The maximum atomic E-state index is 12.4. The molecule has 1 fully saturated rings. The summed E-state index contributed by atoms with van der Waals surface area (Å²) in [6.45, 7) is 2.17. The quantitative estimate of drug-likeness (QED) is 0.313. The molecule has 7 nitrogen and oxygen atoms in total. The van der Waals surface area contributed by atoms with Crippen molar-refractivity contribution in [2.75, 3.05) is 0 Å². The van der Waals surface area contributed by atoms with Crippen molar-refractivity contribution < 1.29 is 14.5 Å². The molecule has 1 N–H and O–H groups in total. The van der Waals surface area contributed by atoms with E-state index >= 15 is 0 Å². The Morgan fingerprint density at radius 1 is 1.09 bits per heavy atom. The fraction of sp³-hybridized carbons (Fsp3) is 0.0833. The van der Waals surface area contributed by atoms with Crippen molar-refractivity contribution in [1.29, 1.82) is 0 Å². The molecule has 0 unspecified atom stereocenters. The standard InChI is InChI=1S/C24H19N3O4S/c1-16-9-11-19(12-10-16)25-24-26-23(28)22(32-24)14-18-6-2-3-8-21(18)31-15-17-5-4-7-20(13-17)27(29)30/h2-14H,15H2,1H3,(H,25,26,28)/b22-14+. The lowest BCUT2D eigenvalue weighted by atomic mass is 10.1. The number of aliphatic imine (C=N–C) groups is 1. The molecule has 0 radical (unpaired) electrons. The van der Waals surface area contributed by atoms with Crippen LogP contribution in [0.5, 0.6) is 5.75 Å². The van der Waals surface area contributed by atoms with Crippen molar-refractivity contribution >= 4 is 40.3 Å². The molecular formula is C24H19N3O4S. The molecule has 0 bridgehead atoms. The Morgan fingerprint density at radius 2 is 1.88 bits per heavy atom. The van der Waals surface area contributed by atoms with Crippen molar-refractivity contribution in [1.82, 2.24) is 5.32 Å². The molecule has 0 spiro atoms. The van der Waals surface area contributed by atoms with E-state index in [9.17, 15) is 14.9 Å². The number of nitro benzene ring substituents is 1. The Balaban J connectivity index is 1.51. The van der Waals surface area contributed by atoms with Crippen molar-refractivity contribution in [3.63, 3.8) is 0 Å². The van der Waals surface area contributed by atoms with Crippen LogP contribution < -0.4 is 10.1 Å². The Bertz CT molecular complexity index is 1240. The molecule has 3 aromatic rings. The van der Waals surface area contributed by atoms with Crippen LogP contribution in [0.4, 0.5) is 11.4 Å². The van der Waals surface area contributed by atoms with E-state index in [1.54, 1.807) is 24.3 Å². The Morgan fingerprint density at radius 3 is 2.66 bits per heavy atom. The lowest BCUT2D eigenvalue weighted by Gasteiger charge is -2.09. The topological polar surface area (TPSA) is 93.8 Å². The third-order valence-electron chi connectivity index (χ3n) is 4.64. The average molecular weight is 446 g/mol. The van der Waals surface area contributed by atoms with Crippen molar-refractivity contribution in [2.24, 2.45) is 4.99 Å². The van der Waals surface area contributed by atoms with E-state index in [1.807, 2.05) is 49.4 Å². The predicted octanol–water partition coefficient (Wildman–Crippen LogP) is 5.37. The number of carbonyl (C=O) groups excluding carboxylic acids is 1. The Hall–Kier alpha value is -3.91. The van der Waals surface area contributed by atoms with Crippen molar-refractivity contribution in [2.45, 2.75) is 13.5 Å². The molecule has 0 saturated carbocycles. The molecule has 0 aromatic heterocycles. The van der Waals surface area contributed by atoms with Crippen LogP contribution in [-0.2, 0) is 11.4 Å². The summed E-state index contributed by atoms with van der Waals surface area (Å²) >= 11 is 1.26. The number of nitro groups is 1. The number of benzene rings is 3. The number of para-hydroxylation sites is 1. The molecule has 0 aliphatic carbocycles. The molecule has 32 heavy (non-hydrogen) atoms. The van der Waals surface area contributed by atoms with Gasteiger partial charge in [-0.2, -0.15) is 0 Å². The molecule has 1 aliphatic heterocycles. The fourth-order valence-corrected chi connectivity index (χ4v) is 3.84. The highest BCUT2D eigenvalue weighted by atomic mass is 32.2. The van der Waals surface area contributed by atoms with Gasteiger partial charge in [0, 0.05) is 17.7 Å². The van der Waals surface area contributed by atoms with Gasteiger partial charge in [-0.05, 0) is 48.5 Å². The van der Waals surface area contributed by atoms with Crippen LogP contribution >= 0.6 is 11.8 Å². The summed E-state index contributed by atoms with van der Waals surface area (Å²) < 4.78 is 5.90. The van der Waals surface area contributed by atoms with E-state index in [1.165, 1.54) is 23.9 Å². The summed E-state index contributed by atoms with van der Waals surface area (Å²) in [7, 11) is 0. The number of nitrogens with zero attached hydrogens (tertiary/aromatic N) is 2. The minimum atomic E-state index is -0.437. The normalized spacial score (nSPS) is 15.7. The van der Waals surface area contributed by atoms with Gasteiger partial charge in [0.05, 0.1) is 15.5 Å².